The summed E-state index contributed by atoms with van der Waals surface area (Å²) in [6.45, 7) is 12.2. The monoisotopic (exact) mass is 282 g/mol. The van der Waals surface area contributed by atoms with Gasteiger partial charge in [0.2, 0.25) is 11.8 Å². The van der Waals surface area contributed by atoms with Gasteiger partial charge in [0, 0.05) is 11.5 Å². The number of aromatic nitrogens is 2. The van der Waals surface area contributed by atoms with Crippen LogP contribution in [0.5, 0.6) is 0 Å². The van der Waals surface area contributed by atoms with Crippen molar-refractivity contribution in [3.05, 3.63) is 11.7 Å². The van der Waals surface area contributed by atoms with Crippen LogP contribution >= 0.6 is 0 Å². The summed E-state index contributed by atoms with van der Waals surface area (Å²) in [5.74, 6) is 1.21. The third kappa shape index (κ3) is 4.59. The number of hydrogen-bond donors (Lipinski definition) is 1. The van der Waals surface area contributed by atoms with Gasteiger partial charge in [-0.2, -0.15) is 4.98 Å². The second-order valence-corrected chi connectivity index (χ2v) is 6.52. The lowest BCUT2D eigenvalue weighted by Gasteiger charge is -2.21. The van der Waals surface area contributed by atoms with Gasteiger partial charge in [-0.15, -0.1) is 0 Å². The topological polar surface area (TPSA) is 71.3 Å². The molecule has 1 heterocycles. The normalized spacial score (nSPS) is 13.8. The van der Waals surface area contributed by atoms with E-state index in [9.17, 15) is 4.79 Å². The van der Waals surface area contributed by atoms with Gasteiger partial charge in [-0.25, -0.2) is 0 Å². The van der Waals surface area contributed by atoms with E-state index < -0.39 is 0 Å². The number of hydrogen-bond acceptors (Lipinski definition) is 5. The molecule has 1 amide bonds. The van der Waals surface area contributed by atoms with Gasteiger partial charge in [0.25, 0.3) is 0 Å². The fourth-order valence-electron chi connectivity index (χ4n) is 1.63. The lowest BCUT2D eigenvalue weighted by molar-refractivity contribution is -0.123. The number of nitrogens with one attached hydrogen (secondary N) is 1. The smallest absolute Gasteiger partial charge is 0.243 e. The highest BCUT2D eigenvalue weighted by molar-refractivity contribution is 5.78. The molecule has 0 aromatic carbocycles. The molecule has 6 heteroatoms. The predicted molar refractivity (Wildman–Crippen MR) is 77.3 cm³/mol. The molecular weight excluding hydrogens is 256 g/mol. The molecule has 20 heavy (non-hydrogen) atoms. The molecule has 0 aliphatic rings. The van der Waals surface area contributed by atoms with Crippen molar-refractivity contribution in [1.82, 2.24) is 20.4 Å². The molecule has 0 aliphatic carbocycles. The van der Waals surface area contributed by atoms with Gasteiger partial charge in [0.1, 0.15) is 0 Å². The molecule has 1 aromatic rings. The summed E-state index contributed by atoms with van der Waals surface area (Å²) in [6, 6.07) is 0.0404. The lowest BCUT2D eigenvalue weighted by Crippen LogP contribution is -2.39. The zero-order valence-electron chi connectivity index (χ0n) is 13.5. The number of carbonyl (C=O) groups excluding carboxylic acids is 1. The Bertz CT molecular complexity index is 448. The zero-order valence-corrected chi connectivity index (χ0v) is 13.5. The fourth-order valence-corrected chi connectivity index (χ4v) is 1.63. The lowest BCUT2D eigenvalue weighted by atomic mass is 9.96. The van der Waals surface area contributed by atoms with Crippen molar-refractivity contribution in [3.63, 3.8) is 0 Å². The van der Waals surface area contributed by atoms with Crippen LogP contribution in [0.25, 0.3) is 0 Å². The van der Waals surface area contributed by atoms with E-state index in [1.54, 1.807) is 0 Å². The van der Waals surface area contributed by atoms with E-state index >= 15 is 0 Å². The Hall–Kier alpha value is -1.43. The molecule has 0 fully saturated rings. The Morgan fingerprint density at radius 3 is 2.40 bits per heavy atom. The molecule has 0 spiro atoms. The second-order valence-electron chi connectivity index (χ2n) is 6.52. The third-order valence-electron chi connectivity index (χ3n) is 2.97. The van der Waals surface area contributed by atoms with Gasteiger partial charge in [-0.05, 0) is 27.8 Å². The van der Waals surface area contributed by atoms with Crippen LogP contribution in [0.1, 0.15) is 59.3 Å². The van der Waals surface area contributed by atoms with Gasteiger partial charge < -0.3 is 9.84 Å². The molecule has 0 saturated carbocycles. The molecular formula is C14H26N4O2. The average molecular weight is 282 g/mol. The summed E-state index contributed by atoms with van der Waals surface area (Å²) in [5, 5.41) is 6.87. The SMILES string of the molecule is CC(C)NC(=O)CN(C)C(C)c1nc(C(C)(C)C)no1. The van der Waals surface area contributed by atoms with Gasteiger partial charge >= 0.3 is 0 Å². The minimum Gasteiger partial charge on any atom is -0.353 e. The summed E-state index contributed by atoms with van der Waals surface area (Å²) in [6.07, 6.45) is 0. The van der Waals surface area contributed by atoms with Crippen LogP contribution in [-0.4, -0.2) is 40.6 Å². The van der Waals surface area contributed by atoms with Gasteiger partial charge in [0.15, 0.2) is 5.82 Å². The molecule has 1 aromatic heterocycles. The Kier molecular flexibility index (Phi) is 5.28. The summed E-state index contributed by atoms with van der Waals surface area (Å²) in [4.78, 5) is 18.1. The third-order valence-corrected chi connectivity index (χ3v) is 2.97. The first-order valence-corrected chi connectivity index (χ1v) is 6.95. The molecule has 1 unspecified atom stereocenters. The van der Waals surface area contributed by atoms with E-state index in [4.69, 9.17) is 4.52 Å². The molecule has 6 nitrogen and oxygen atoms in total. The first kappa shape index (κ1) is 16.6. The van der Waals surface area contributed by atoms with Crippen molar-refractivity contribution in [2.24, 2.45) is 0 Å². The maximum atomic E-state index is 11.7. The van der Waals surface area contributed by atoms with E-state index in [2.05, 4.69) is 15.5 Å². The molecule has 0 radical (unpaired) electrons. The van der Waals surface area contributed by atoms with Crippen LogP contribution in [0, 0.1) is 0 Å². The summed E-state index contributed by atoms with van der Waals surface area (Å²) >= 11 is 0. The van der Waals surface area contributed by atoms with Crippen LogP contribution in [0.3, 0.4) is 0 Å². The first-order valence-electron chi connectivity index (χ1n) is 6.95. The summed E-state index contributed by atoms with van der Waals surface area (Å²) in [7, 11) is 1.87. The Morgan fingerprint density at radius 2 is 1.95 bits per heavy atom. The fraction of sp³-hybridized carbons (Fsp3) is 0.786. The van der Waals surface area contributed by atoms with E-state index in [0.29, 0.717) is 18.3 Å². The number of rotatable bonds is 5. The largest absolute Gasteiger partial charge is 0.353 e. The Morgan fingerprint density at radius 1 is 1.35 bits per heavy atom. The highest BCUT2D eigenvalue weighted by Crippen LogP contribution is 2.22. The van der Waals surface area contributed by atoms with Crippen LogP contribution in [0.4, 0.5) is 0 Å². The minimum absolute atomic E-state index is 0.00934. The maximum absolute atomic E-state index is 11.7. The summed E-state index contributed by atoms with van der Waals surface area (Å²) < 4.78 is 5.30. The highest BCUT2D eigenvalue weighted by Gasteiger charge is 2.25. The van der Waals surface area contributed by atoms with E-state index in [-0.39, 0.29) is 23.4 Å². The quantitative estimate of drug-likeness (QED) is 0.893. The highest BCUT2D eigenvalue weighted by atomic mass is 16.5. The number of amides is 1. The van der Waals surface area contributed by atoms with Crippen molar-refractivity contribution >= 4 is 5.91 Å². The van der Waals surface area contributed by atoms with E-state index in [1.165, 1.54) is 0 Å². The van der Waals surface area contributed by atoms with Gasteiger partial charge in [-0.3, -0.25) is 9.69 Å². The number of likely N-dealkylation sites (N-methyl/N-ethyl adjacent to an activating group) is 1. The molecule has 0 aliphatic heterocycles. The minimum atomic E-state index is -0.144. The molecule has 0 bridgehead atoms. The van der Waals surface area contributed by atoms with Crippen LogP contribution in [-0.2, 0) is 10.2 Å². The van der Waals surface area contributed by atoms with Crippen LogP contribution in [0.2, 0.25) is 0 Å². The van der Waals surface area contributed by atoms with Crippen molar-refractivity contribution in [1.29, 1.82) is 0 Å². The number of carbonyl (C=O) groups is 1. The molecule has 0 saturated heterocycles. The Labute approximate surface area is 120 Å². The molecule has 1 atom stereocenters. The van der Waals surface area contributed by atoms with Crippen LogP contribution in [0.15, 0.2) is 4.52 Å². The summed E-state index contributed by atoms with van der Waals surface area (Å²) in [5.41, 5.74) is -0.144. The molecule has 1 rings (SSSR count). The standard InChI is InChI=1S/C14H26N4O2/c1-9(2)15-11(19)8-18(7)10(3)12-16-13(17-20-12)14(4,5)6/h9-10H,8H2,1-7H3,(H,15,19). The van der Waals surface area contributed by atoms with Crippen molar-refractivity contribution in [2.75, 3.05) is 13.6 Å². The van der Waals surface area contributed by atoms with E-state index in [1.807, 2.05) is 53.5 Å². The van der Waals surface area contributed by atoms with Crippen molar-refractivity contribution < 1.29 is 9.32 Å². The van der Waals surface area contributed by atoms with Crippen LogP contribution < -0.4 is 5.32 Å². The van der Waals surface area contributed by atoms with Crippen molar-refractivity contribution in [3.8, 4) is 0 Å². The van der Waals surface area contributed by atoms with Crippen molar-refractivity contribution in [2.45, 2.75) is 59.0 Å². The first-order chi connectivity index (χ1) is 9.11. The van der Waals surface area contributed by atoms with E-state index in [0.717, 1.165) is 0 Å². The zero-order chi connectivity index (χ0) is 15.5. The molecule has 1 N–H and O–H groups in total. The average Bonchev–Trinajstić information content (AvgIpc) is 2.75. The van der Waals surface area contributed by atoms with Gasteiger partial charge in [-0.1, -0.05) is 25.9 Å². The molecule has 114 valence electrons. The number of nitrogens with zero attached hydrogens (tertiary/aromatic N) is 3. The van der Waals surface area contributed by atoms with Gasteiger partial charge in [0.05, 0.1) is 12.6 Å². The maximum Gasteiger partial charge on any atom is 0.243 e. The Balaban J connectivity index is 2.67. The second kappa shape index (κ2) is 6.35. The predicted octanol–water partition coefficient (Wildman–Crippen LogP) is 1.88.